The molecule has 0 atom stereocenters. The topological polar surface area (TPSA) is 131 Å². The molecule has 2 aromatic carbocycles. The summed E-state index contributed by atoms with van der Waals surface area (Å²) in [5.74, 6) is 1.24. The third kappa shape index (κ3) is 6.04. The van der Waals surface area contributed by atoms with Gasteiger partial charge in [-0.1, -0.05) is 36.9 Å². The van der Waals surface area contributed by atoms with Crippen LogP contribution in [0.1, 0.15) is 23.2 Å². The van der Waals surface area contributed by atoms with Crippen LogP contribution in [0.2, 0.25) is 0 Å². The van der Waals surface area contributed by atoms with Crippen LogP contribution in [0.25, 0.3) is 0 Å². The second kappa shape index (κ2) is 10.4. The number of nitrogens with two attached hydrogens (primary N) is 1. The summed E-state index contributed by atoms with van der Waals surface area (Å²) in [6.07, 6.45) is 2.18. The maximum Gasteiger partial charge on any atom is 0.251 e. The summed E-state index contributed by atoms with van der Waals surface area (Å²) >= 11 is 0. The van der Waals surface area contributed by atoms with Gasteiger partial charge in [0.1, 0.15) is 23.0 Å². The molecule has 1 aromatic heterocycles. The Morgan fingerprint density at radius 2 is 1.71 bits per heavy atom. The Balaban J connectivity index is 1.35. The summed E-state index contributed by atoms with van der Waals surface area (Å²) in [5.41, 5.74) is 7.34. The molecule has 4 N–H and O–H groups in total. The second-order valence-electron chi connectivity index (χ2n) is 7.71. The number of allylic oxidation sites excluding steroid dienone is 1. The van der Waals surface area contributed by atoms with E-state index in [0.717, 1.165) is 18.6 Å². The SMILES string of the molecule is C=C(Oc1ccccc1N=Nc1ccc(NC(=O)CNC(=O)c2ccccc2)nc1N)C1CC1. The van der Waals surface area contributed by atoms with Gasteiger partial charge in [-0.05, 0) is 49.2 Å². The van der Waals surface area contributed by atoms with Gasteiger partial charge in [0.05, 0.1) is 6.54 Å². The lowest BCUT2D eigenvalue weighted by Crippen LogP contribution is -2.33. The average molecular weight is 457 g/mol. The average Bonchev–Trinajstić information content (AvgIpc) is 3.69. The maximum atomic E-state index is 12.2. The first-order valence-corrected chi connectivity index (χ1v) is 10.8. The van der Waals surface area contributed by atoms with Gasteiger partial charge in [-0.2, -0.15) is 0 Å². The van der Waals surface area contributed by atoms with Crippen LogP contribution in [0, 0.1) is 5.92 Å². The maximum absolute atomic E-state index is 12.2. The van der Waals surface area contributed by atoms with E-state index in [1.165, 1.54) is 0 Å². The first kappa shape index (κ1) is 22.7. The molecule has 2 amide bonds. The van der Waals surface area contributed by atoms with Crippen molar-refractivity contribution in [2.45, 2.75) is 12.8 Å². The number of hydrogen-bond acceptors (Lipinski definition) is 7. The van der Waals surface area contributed by atoms with Crippen molar-refractivity contribution >= 4 is 34.8 Å². The molecule has 0 bridgehead atoms. The second-order valence-corrected chi connectivity index (χ2v) is 7.71. The molecule has 0 spiro atoms. The molecule has 1 heterocycles. The molecule has 1 aliphatic rings. The molecule has 34 heavy (non-hydrogen) atoms. The zero-order valence-electron chi connectivity index (χ0n) is 18.4. The fraction of sp³-hybridized carbons (Fsp3) is 0.160. The molecular formula is C25H24N6O3. The van der Waals surface area contributed by atoms with Gasteiger partial charge in [-0.3, -0.25) is 9.59 Å². The molecular weight excluding hydrogens is 432 g/mol. The summed E-state index contributed by atoms with van der Waals surface area (Å²) in [7, 11) is 0. The van der Waals surface area contributed by atoms with Gasteiger partial charge >= 0.3 is 0 Å². The number of pyridine rings is 1. The molecule has 4 rings (SSSR count). The van der Waals surface area contributed by atoms with Crippen molar-refractivity contribution in [2.75, 3.05) is 17.6 Å². The number of hydrogen-bond donors (Lipinski definition) is 3. The van der Waals surface area contributed by atoms with Crippen LogP contribution in [0.15, 0.2) is 89.3 Å². The van der Waals surface area contributed by atoms with E-state index in [0.29, 0.717) is 28.6 Å². The molecule has 0 aliphatic heterocycles. The van der Waals surface area contributed by atoms with E-state index in [1.807, 2.05) is 18.2 Å². The van der Waals surface area contributed by atoms with Gasteiger partial charge in [0, 0.05) is 11.5 Å². The smallest absolute Gasteiger partial charge is 0.251 e. The number of azo groups is 1. The minimum atomic E-state index is -0.437. The molecule has 1 aliphatic carbocycles. The number of aromatic nitrogens is 1. The van der Waals surface area contributed by atoms with Crippen molar-refractivity contribution in [3.63, 3.8) is 0 Å². The van der Waals surface area contributed by atoms with Crippen molar-refractivity contribution in [3.05, 3.63) is 84.6 Å². The molecule has 1 saturated carbocycles. The van der Waals surface area contributed by atoms with E-state index < -0.39 is 5.91 Å². The third-order valence-electron chi connectivity index (χ3n) is 5.02. The highest BCUT2D eigenvalue weighted by Crippen LogP contribution is 2.39. The summed E-state index contributed by atoms with van der Waals surface area (Å²) in [5, 5.41) is 13.6. The van der Waals surface area contributed by atoms with Crippen molar-refractivity contribution in [1.29, 1.82) is 0 Å². The summed E-state index contributed by atoms with van der Waals surface area (Å²) < 4.78 is 5.85. The number of nitrogens with one attached hydrogen (secondary N) is 2. The Morgan fingerprint density at radius 3 is 2.44 bits per heavy atom. The molecule has 1 fully saturated rings. The zero-order valence-corrected chi connectivity index (χ0v) is 18.4. The third-order valence-corrected chi connectivity index (χ3v) is 5.02. The lowest BCUT2D eigenvalue weighted by Gasteiger charge is -2.09. The van der Waals surface area contributed by atoms with Crippen LogP contribution in [-0.2, 0) is 4.79 Å². The van der Waals surface area contributed by atoms with Crippen LogP contribution in [0.3, 0.4) is 0 Å². The van der Waals surface area contributed by atoms with Crippen LogP contribution in [-0.4, -0.2) is 23.3 Å². The number of carbonyl (C=O) groups excluding carboxylic acids is 2. The highest BCUT2D eigenvalue weighted by molar-refractivity contribution is 5.99. The van der Waals surface area contributed by atoms with Gasteiger partial charge in [0.15, 0.2) is 11.6 Å². The van der Waals surface area contributed by atoms with Crippen LogP contribution in [0.4, 0.5) is 23.0 Å². The lowest BCUT2D eigenvalue weighted by molar-refractivity contribution is -0.115. The molecule has 3 aromatic rings. The highest BCUT2D eigenvalue weighted by Gasteiger charge is 2.26. The lowest BCUT2D eigenvalue weighted by atomic mass is 10.2. The Labute approximate surface area is 196 Å². The number of nitrogen functional groups attached to an aromatic ring is 1. The first-order chi connectivity index (χ1) is 16.5. The Bertz CT molecular complexity index is 1240. The Hall–Kier alpha value is -4.53. The predicted octanol–water partition coefficient (Wildman–Crippen LogP) is 4.75. The van der Waals surface area contributed by atoms with Gasteiger partial charge in [0.2, 0.25) is 5.91 Å². The van der Waals surface area contributed by atoms with Crippen molar-refractivity contribution in [3.8, 4) is 5.75 Å². The monoisotopic (exact) mass is 456 g/mol. The zero-order chi connectivity index (χ0) is 23.9. The number of benzene rings is 2. The molecule has 9 heteroatoms. The fourth-order valence-corrected chi connectivity index (χ4v) is 3.02. The summed E-state index contributed by atoms with van der Waals surface area (Å²) in [4.78, 5) is 28.4. The normalized spacial score (nSPS) is 12.8. The largest absolute Gasteiger partial charge is 0.460 e. The van der Waals surface area contributed by atoms with E-state index >= 15 is 0 Å². The number of amides is 2. The van der Waals surface area contributed by atoms with E-state index in [4.69, 9.17) is 10.5 Å². The molecule has 172 valence electrons. The highest BCUT2D eigenvalue weighted by atomic mass is 16.5. The molecule has 0 saturated heterocycles. The van der Waals surface area contributed by atoms with Gasteiger partial charge in [-0.25, -0.2) is 4.98 Å². The van der Waals surface area contributed by atoms with Crippen molar-refractivity contribution in [1.82, 2.24) is 10.3 Å². The minimum Gasteiger partial charge on any atom is -0.460 e. The van der Waals surface area contributed by atoms with E-state index in [9.17, 15) is 9.59 Å². The van der Waals surface area contributed by atoms with Gasteiger partial charge in [0.25, 0.3) is 5.91 Å². The van der Waals surface area contributed by atoms with E-state index in [-0.39, 0.29) is 24.1 Å². The number of ether oxygens (including phenoxy) is 1. The summed E-state index contributed by atoms with van der Waals surface area (Å²) in [6, 6.07) is 19.0. The number of rotatable bonds is 9. The predicted molar refractivity (Wildman–Crippen MR) is 129 cm³/mol. The van der Waals surface area contributed by atoms with E-state index in [2.05, 4.69) is 32.4 Å². The first-order valence-electron chi connectivity index (χ1n) is 10.8. The molecule has 0 unspecified atom stereocenters. The van der Waals surface area contributed by atoms with Crippen molar-refractivity contribution in [2.24, 2.45) is 16.1 Å². The van der Waals surface area contributed by atoms with Crippen LogP contribution >= 0.6 is 0 Å². The van der Waals surface area contributed by atoms with E-state index in [1.54, 1.807) is 48.5 Å². The number of carbonyl (C=O) groups is 2. The minimum absolute atomic E-state index is 0.0932. The van der Waals surface area contributed by atoms with Crippen LogP contribution in [0.5, 0.6) is 5.75 Å². The van der Waals surface area contributed by atoms with Gasteiger partial charge < -0.3 is 21.1 Å². The molecule has 9 nitrogen and oxygen atoms in total. The van der Waals surface area contributed by atoms with Crippen LogP contribution < -0.4 is 21.1 Å². The number of anilines is 2. The standard InChI is InChI=1S/C25H24N6O3/c1-16(17-11-12-17)34-21-10-6-5-9-19(21)30-31-20-13-14-22(29-24(20)26)28-23(32)15-27-25(33)18-7-3-2-4-8-18/h2-10,13-14,17H,1,11-12,15H2,(H,27,33)(H3,26,28,29,32). The van der Waals surface area contributed by atoms with Crippen molar-refractivity contribution < 1.29 is 14.3 Å². The van der Waals surface area contributed by atoms with Gasteiger partial charge in [-0.15, -0.1) is 10.2 Å². The quantitative estimate of drug-likeness (QED) is 0.316. The number of para-hydroxylation sites is 1. The Kier molecular flexibility index (Phi) is 6.92. The Morgan fingerprint density at radius 1 is 1.00 bits per heavy atom. The number of nitrogens with zero attached hydrogens (tertiary/aromatic N) is 3. The fourth-order valence-electron chi connectivity index (χ4n) is 3.02. The molecule has 0 radical (unpaired) electrons. The summed E-state index contributed by atoms with van der Waals surface area (Å²) in [6.45, 7) is 3.77.